The van der Waals surface area contributed by atoms with E-state index in [-0.39, 0.29) is 28.9 Å². The summed E-state index contributed by atoms with van der Waals surface area (Å²) in [6.45, 7) is 4.12. The third-order valence-electron chi connectivity index (χ3n) is 3.59. The molecule has 0 saturated heterocycles. The molecule has 1 heterocycles. The number of hydrogen-bond donors (Lipinski definition) is 1. The number of nitrogens with zero attached hydrogens (tertiary/aromatic N) is 2. The number of hydrogen-bond acceptors (Lipinski definition) is 5. The number of thioether (sulfide) groups is 1. The van der Waals surface area contributed by atoms with Crippen LogP contribution < -0.4 is 17.0 Å². The largest absolute Gasteiger partial charge is 0.384 e. The maximum absolute atomic E-state index is 12.9. The van der Waals surface area contributed by atoms with Gasteiger partial charge in [-0.1, -0.05) is 13.8 Å². The van der Waals surface area contributed by atoms with Crippen molar-refractivity contribution < 1.29 is 9.18 Å². The van der Waals surface area contributed by atoms with Gasteiger partial charge in [0.25, 0.3) is 5.56 Å². The molecule has 6 nitrogen and oxygen atoms in total. The highest BCUT2D eigenvalue weighted by Gasteiger charge is 2.21. The van der Waals surface area contributed by atoms with Crippen molar-refractivity contribution in [3.05, 3.63) is 56.5 Å². The highest BCUT2D eigenvalue weighted by molar-refractivity contribution is 8.00. The molecule has 2 N–H and O–H groups in total. The zero-order valence-corrected chi connectivity index (χ0v) is 15.1. The number of anilines is 1. The first kappa shape index (κ1) is 19.0. The average Bonchev–Trinajstić information content (AvgIpc) is 2.56. The molecule has 0 aliphatic carbocycles. The zero-order chi connectivity index (χ0) is 18.7. The van der Waals surface area contributed by atoms with E-state index in [1.807, 2.05) is 13.8 Å². The number of Topliss-reactive ketones (excluding diaryl/α,β-unsaturated/α-hetero) is 1. The number of halogens is 1. The van der Waals surface area contributed by atoms with Crippen LogP contribution in [0.5, 0.6) is 0 Å². The molecule has 2 rings (SSSR count). The van der Waals surface area contributed by atoms with Crippen LogP contribution in [0.4, 0.5) is 10.2 Å². The second-order valence-corrected chi connectivity index (χ2v) is 7.13. The van der Waals surface area contributed by atoms with Crippen LogP contribution in [-0.4, -0.2) is 20.7 Å². The zero-order valence-electron chi connectivity index (χ0n) is 14.3. The van der Waals surface area contributed by atoms with Crippen molar-refractivity contribution in [3.8, 4) is 0 Å². The maximum atomic E-state index is 12.9. The summed E-state index contributed by atoms with van der Waals surface area (Å²) >= 11 is 1.17. The Bertz CT molecular complexity index is 901. The number of aromatic nitrogens is 2. The van der Waals surface area contributed by atoms with Gasteiger partial charge in [-0.25, -0.2) is 9.18 Å². The van der Waals surface area contributed by atoms with Gasteiger partial charge < -0.3 is 5.73 Å². The van der Waals surface area contributed by atoms with Crippen molar-refractivity contribution in [3.63, 3.8) is 0 Å². The van der Waals surface area contributed by atoms with E-state index in [0.717, 1.165) is 4.57 Å². The minimum atomic E-state index is -0.702. The highest BCUT2D eigenvalue weighted by Crippen LogP contribution is 2.20. The molecule has 0 amide bonds. The van der Waals surface area contributed by atoms with Gasteiger partial charge >= 0.3 is 5.69 Å². The lowest BCUT2D eigenvalue weighted by atomic mass is 10.2. The molecule has 1 aromatic carbocycles. The minimum absolute atomic E-state index is 0.0368. The second kappa shape index (κ2) is 7.69. The van der Waals surface area contributed by atoms with Gasteiger partial charge in [0.05, 0.1) is 5.75 Å². The lowest BCUT2D eigenvalue weighted by Gasteiger charge is -2.16. The van der Waals surface area contributed by atoms with E-state index >= 15 is 0 Å². The molecule has 134 valence electrons. The Hall–Kier alpha value is -2.35. The Labute approximate surface area is 148 Å². The number of nitrogen functional groups attached to an aromatic ring is 1. The summed E-state index contributed by atoms with van der Waals surface area (Å²) in [5.74, 6) is -0.856. The van der Waals surface area contributed by atoms with E-state index in [2.05, 4.69) is 0 Å². The third kappa shape index (κ3) is 4.19. The standard InChI is InChI=1S/C17H20FN3O3S/c1-10(2)8-21-15(19)14(16(23)20(3)17(21)24)13(22)9-25-12-6-4-11(18)5-7-12/h4-7,10H,8-9,19H2,1-3H3. The number of benzene rings is 1. The first-order valence-electron chi connectivity index (χ1n) is 7.73. The Morgan fingerprint density at radius 3 is 2.40 bits per heavy atom. The fourth-order valence-electron chi connectivity index (χ4n) is 2.34. The van der Waals surface area contributed by atoms with Crippen LogP contribution in [-0.2, 0) is 13.6 Å². The molecule has 0 bridgehead atoms. The molecule has 0 atom stereocenters. The molecule has 0 aliphatic rings. The van der Waals surface area contributed by atoms with E-state index in [9.17, 15) is 18.8 Å². The van der Waals surface area contributed by atoms with Gasteiger partial charge in [-0.3, -0.25) is 18.7 Å². The Balaban J connectivity index is 2.35. The fourth-order valence-corrected chi connectivity index (χ4v) is 3.11. The number of ketones is 1. The van der Waals surface area contributed by atoms with E-state index in [4.69, 9.17) is 5.73 Å². The van der Waals surface area contributed by atoms with E-state index in [1.54, 1.807) is 12.1 Å². The summed E-state index contributed by atoms with van der Waals surface area (Å²) in [6.07, 6.45) is 0. The Morgan fingerprint density at radius 1 is 1.24 bits per heavy atom. The van der Waals surface area contributed by atoms with Crippen molar-refractivity contribution in [2.75, 3.05) is 11.5 Å². The smallest absolute Gasteiger partial charge is 0.332 e. The van der Waals surface area contributed by atoms with Crippen molar-refractivity contribution >= 4 is 23.4 Å². The van der Waals surface area contributed by atoms with E-state index < -0.39 is 17.0 Å². The van der Waals surface area contributed by atoms with Gasteiger partial charge in [-0.2, -0.15) is 0 Å². The Kier molecular flexibility index (Phi) is 5.84. The predicted octanol–water partition coefficient (Wildman–Crippen LogP) is 1.90. The summed E-state index contributed by atoms with van der Waals surface area (Å²) in [4.78, 5) is 37.8. The minimum Gasteiger partial charge on any atom is -0.384 e. The molecule has 8 heteroatoms. The van der Waals surface area contributed by atoms with Crippen LogP contribution in [0.1, 0.15) is 24.2 Å². The number of nitrogens with two attached hydrogens (primary N) is 1. The fraction of sp³-hybridized carbons (Fsp3) is 0.353. The molecule has 0 aliphatic heterocycles. The second-order valence-electron chi connectivity index (χ2n) is 6.08. The van der Waals surface area contributed by atoms with Gasteiger partial charge in [0, 0.05) is 18.5 Å². The third-order valence-corrected chi connectivity index (χ3v) is 4.61. The first-order chi connectivity index (χ1) is 11.7. The topological polar surface area (TPSA) is 87.1 Å². The number of rotatable bonds is 6. The summed E-state index contributed by atoms with van der Waals surface area (Å²) < 4.78 is 15.1. The molecule has 0 saturated carbocycles. The lowest BCUT2D eigenvalue weighted by Crippen LogP contribution is -2.43. The molecule has 2 aromatic rings. The number of carbonyl (C=O) groups excluding carboxylic acids is 1. The summed E-state index contributed by atoms with van der Waals surface area (Å²) in [5, 5.41) is 0. The van der Waals surface area contributed by atoms with Gasteiger partial charge in [0.1, 0.15) is 17.2 Å². The summed E-state index contributed by atoms with van der Waals surface area (Å²) in [7, 11) is 1.32. The SMILES string of the molecule is CC(C)Cn1c(N)c(C(=O)CSc2ccc(F)cc2)c(=O)n(C)c1=O. The van der Waals surface area contributed by atoms with E-state index in [0.29, 0.717) is 11.4 Å². The van der Waals surface area contributed by atoms with Crippen LogP contribution >= 0.6 is 11.8 Å². The number of carbonyl (C=O) groups is 1. The molecule has 0 radical (unpaired) electrons. The monoisotopic (exact) mass is 365 g/mol. The summed E-state index contributed by atoms with van der Waals surface area (Å²) in [6, 6.07) is 5.69. The van der Waals surface area contributed by atoms with Crippen LogP contribution in [0.3, 0.4) is 0 Å². The average molecular weight is 365 g/mol. The van der Waals surface area contributed by atoms with Crippen molar-refractivity contribution in [1.82, 2.24) is 9.13 Å². The predicted molar refractivity (Wildman–Crippen MR) is 96.6 cm³/mol. The maximum Gasteiger partial charge on any atom is 0.332 e. The van der Waals surface area contributed by atoms with Crippen LogP contribution in [0, 0.1) is 11.7 Å². The summed E-state index contributed by atoms with van der Waals surface area (Å²) in [5.41, 5.74) is 4.53. The van der Waals surface area contributed by atoms with Gasteiger partial charge in [-0.15, -0.1) is 11.8 Å². The van der Waals surface area contributed by atoms with Crippen molar-refractivity contribution in [1.29, 1.82) is 0 Å². The molecular weight excluding hydrogens is 345 g/mol. The van der Waals surface area contributed by atoms with Crippen molar-refractivity contribution in [2.45, 2.75) is 25.3 Å². The van der Waals surface area contributed by atoms with Crippen LogP contribution in [0.2, 0.25) is 0 Å². The first-order valence-corrected chi connectivity index (χ1v) is 8.71. The highest BCUT2D eigenvalue weighted by atomic mass is 32.2. The van der Waals surface area contributed by atoms with Gasteiger partial charge in [0.2, 0.25) is 0 Å². The molecule has 0 fully saturated rings. The molecule has 0 unspecified atom stereocenters. The van der Waals surface area contributed by atoms with Gasteiger partial charge in [-0.05, 0) is 30.2 Å². The van der Waals surface area contributed by atoms with Gasteiger partial charge in [0.15, 0.2) is 5.78 Å². The van der Waals surface area contributed by atoms with Crippen molar-refractivity contribution in [2.24, 2.45) is 13.0 Å². The normalized spacial score (nSPS) is 11.1. The molecule has 1 aromatic heterocycles. The van der Waals surface area contributed by atoms with Crippen LogP contribution in [0.25, 0.3) is 0 Å². The quantitative estimate of drug-likeness (QED) is 0.624. The lowest BCUT2D eigenvalue weighted by molar-refractivity contribution is 0.102. The molecule has 0 spiro atoms. The molecular formula is C17H20FN3O3S. The Morgan fingerprint density at radius 2 is 1.84 bits per heavy atom. The van der Waals surface area contributed by atoms with E-state index in [1.165, 1.54) is 35.5 Å². The van der Waals surface area contributed by atoms with Crippen LogP contribution in [0.15, 0.2) is 38.8 Å². The molecule has 25 heavy (non-hydrogen) atoms.